The predicted octanol–water partition coefficient (Wildman–Crippen LogP) is 4.91. The third-order valence-electron chi connectivity index (χ3n) is 3.78. The summed E-state index contributed by atoms with van der Waals surface area (Å²) in [5.41, 5.74) is 0.394. The smallest absolute Gasteiger partial charge is 0.431 e. The standard InChI is InChI=1S/C22H34Cl2N4O4/c1-21(2,3)31-19(29)27(14-13-24)18(28(25)20(30)32-22(4,5)6)26-15-17-9-7-16(8-10-17)11-12-23/h7-10H,11-15,25H2,1-6H3. The first-order chi connectivity index (χ1) is 14.8. The number of aryl methyl sites for hydroxylation is 1. The van der Waals surface area contributed by atoms with Crippen LogP contribution in [0.5, 0.6) is 0 Å². The zero-order valence-corrected chi connectivity index (χ0v) is 21.2. The van der Waals surface area contributed by atoms with Crippen molar-refractivity contribution in [1.82, 2.24) is 9.91 Å². The molecule has 0 aromatic heterocycles. The highest BCUT2D eigenvalue weighted by Gasteiger charge is 2.32. The summed E-state index contributed by atoms with van der Waals surface area (Å²) in [4.78, 5) is 31.0. The summed E-state index contributed by atoms with van der Waals surface area (Å²) in [5, 5.41) is 0.698. The molecule has 0 radical (unpaired) electrons. The fourth-order valence-corrected chi connectivity index (χ4v) is 2.83. The minimum Gasteiger partial charge on any atom is -0.443 e. The third kappa shape index (κ3) is 10.1. The van der Waals surface area contributed by atoms with Crippen molar-refractivity contribution in [3.8, 4) is 0 Å². The van der Waals surface area contributed by atoms with E-state index in [4.69, 9.17) is 38.5 Å². The first kappa shape index (κ1) is 28.0. The van der Waals surface area contributed by atoms with Crippen LogP contribution in [-0.4, -0.2) is 57.6 Å². The molecule has 0 bridgehead atoms. The lowest BCUT2D eigenvalue weighted by atomic mass is 10.1. The Morgan fingerprint density at radius 1 is 0.906 bits per heavy atom. The first-order valence-electron chi connectivity index (χ1n) is 10.3. The highest BCUT2D eigenvalue weighted by Crippen LogP contribution is 2.15. The number of hydrogen-bond acceptors (Lipinski definition) is 6. The molecule has 8 nitrogen and oxygen atoms in total. The van der Waals surface area contributed by atoms with Gasteiger partial charge in [0.1, 0.15) is 11.2 Å². The Labute approximate surface area is 200 Å². The molecule has 180 valence electrons. The van der Waals surface area contributed by atoms with Crippen LogP contribution in [0.15, 0.2) is 29.3 Å². The number of benzene rings is 1. The number of amides is 2. The topological polar surface area (TPSA) is 97.5 Å². The van der Waals surface area contributed by atoms with Gasteiger partial charge in [-0.15, -0.1) is 23.2 Å². The maximum atomic E-state index is 12.8. The summed E-state index contributed by atoms with van der Waals surface area (Å²) in [6.45, 7) is 10.5. The van der Waals surface area contributed by atoms with E-state index in [1.165, 1.54) is 0 Å². The Morgan fingerprint density at radius 2 is 1.41 bits per heavy atom. The van der Waals surface area contributed by atoms with Crippen LogP contribution in [0.3, 0.4) is 0 Å². The Morgan fingerprint density at radius 3 is 1.88 bits per heavy atom. The molecule has 0 saturated heterocycles. The Bertz CT molecular complexity index is 787. The monoisotopic (exact) mass is 488 g/mol. The number of nitrogens with zero attached hydrogens (tertiary/aromatic N) is 3. The van der Waals surface area contributed by atoms with Gasteiger partial charge >= 0.3 is 12.2 Å². The number of hydrogen-bond donors (Lipinski definition) is 1. The van der Waals surface area contributed by atoms with Crippen LogP contribution in [0.25, 0.3) is 0 Å². The van der Waals surface area contributed by atoms with Crippen LogP contribution < -0.4 is 5.84 Å². The normalized spacial score (nSPS) is 12.3. The van der Waals surface area contributed by atoms with Crippen LogP contribution in [0.2, 0.25) is 0 Å². The Balaban J connectivity index is 3.28. The van der Waals surface area contributed by atoms with Crippen molar-refractivity contribution in [2.75, 3.05) is 18.3 Å². The number of alkyl halides is 2. The van der Waals surface area contributed by atoms with Crippen molar-refractivity contribution in [3.05, 3.63) is 35.4 Å². The first-order valence-corrected chi connectivity index (χ1v) is 11.4. The molecule has 0 fully saturated rings. The summed E-state index contributed by atoms with van der Waals surface area (Å²) in [6.07, 6.45) is -0.835. The number of aliphatic imine (C=N–C) groups is 1. The molecule has 0 atom stereocenters. The van der Waals surface area contributed by atoms with Crippen molar-refractivity contribution in [3.63, 3.8) is 0 Å². The minimum absolute atomic E-state index is 0.0282. The summed E-state index contributed by atoms with van der Waals surface area (Å²) in [6, 6.07) is 7.70. The zero-order valence-electron chi connectivity index (χ0n) is 19.7. The van der Waals surface area contributed by atoms with E-state index in [0.717, 1.165) is 22.4 Å². The van der Waals surface area contributed by atoms with E-state index in [9.17, 15) is 9.59 Å². The van der Waals surface area contributed by atoms with Gasteiger partial charge < -0.3 is 9.47 Å². The van der Waals surface area contributed by atoms with Crippen LogP contribution in [0, 0.1) is 0 Å². The van der Waals surface area contributed by atoms with Crippen molar-refractivity contribution in [2.24, 2.45) is 10.8 Å². The molecular formula is C22H34Cl2N4O4. The molecule has 0 aliphatic carbocycles. The highest BCUT2D eigenvalue weighted by molar-refractivity contribution is 6.18. The van der Waals surface area contributed by atoms with Gasteiger partial charge in [-0.25, -0.2) is 25.3 Å². The molecule has 10 heteroatoms. The van der Waals surface area contributed by atoms with Crippen molar-refractivity contribution < 1.29 is 19.1 Å². The van der Waals surface area contributed by atoms with Gasteiger partial charge in [-0.1, -0.05) is 24.3 Å². The molecule has 0 aliphatic rings. The second kappa shape index (κ2) is 12.3. The van der Waals surface area contributed by atoms with Gasteiger partial charge in [-0.3, -0.25) is 0 Å². The second-order valence-corrected chi connectivity index (χ2v) is 9.80. The number of nitrogens with two attached hydrogens (primary N) is 1. The second-order valence-electron chi connectivity index (χ2n) is 9.04. The largest absolute Gasteiger partial charge is 0.443 e. The highest BCUT2D eigenvalue weighted by atomic mass is 35.5. The van der Waals surface area contributed by atoms with Gasteiger partial charge in [0.05, 0.1) is 6.54 Å². The van der Waals surface area contributed by atoms with Gasteiger partial charge in [0.15, 0.2) is 0 Å². The summed E-state index contributed by atoms with van der Waals surface area (Å²) in [5.74, 6) is 6.53. The predicted molar refractivity (Wildman–Crippen MR) is 128 cm³/mol. The average molecular weight is 489 g/mol. The zero-order chi connectivity index (χ0) is 24.5. The molecule has 32 heavy (non-hydrogen) atoms. The van der Waals surface area contributed by atoms with Crippen molar-refractivity contribution in [2.45, 2.75) is 65.7 Å². The quantitative estimate of drug-likeness (QED) is 0.153. The maximum Gasteiger partial charge on any atom is 0.431 e. The molecule has 0 unspecified atom stereocenters. The molecule has 0 heterocycles. The molecule has 1 rings (SSSR count). The van der Waals surface area contributed by atoms with Crippen LogP contribution in [-0.2, 0) is 22.4 Å². The van der Waals surface area contributed by atoms with Crippen LogP contribution in [0.4, 0.5) is 9.59 Å². The number of halogens is 2. The number of rotatable bonds is 6. The number of hydrazine groups is 1. The van der Waals surface area contributed by atoms with Crippen molar-refractivity contribution >= 4 is 41.3 Å². The van der Waals surface area contributed by atoms with E-state index in [-0.39, 0.29) is 24.9 Å². The molecule has 0 aliphatic heterocycles. The summed E-state index contributed by atoms with van der Waals surface area (Å²) in [7, 11) is 0. The Kier molecular flexibility index (Phi) is 10.7. The van der Waals surface area contributed by atoms with Gasteiger partial charge in [0.2, 0.25) is 5.96 Å². The van der Waals surface area contributed by atoms with E-state index in [2.05, 4.69) is 4.99 Å². The number of guanidine groups is 1. The summed E-state index contributed by atoms with van der Waals surface area (Å²) >= 11 is 11.7. The van der Waals surface area contributed by atoms with Gasteiger partial charge in [-0.05, 0) is 59.1 Å². The fourth-order valence-electron chi connectivity index (χ4n) is 2.44. The van der Waals surface area contributed by atoms with Crippen LogP contribution in [0.1, 0.15) is 52.7 Å². The SMILES string of the molecule is CC(C)(C)OC(=O)N(N)C(=NCc1ccc(CCCl)cc1)N(CCCl)C(=O)OC(C)(C)C. The van der Waals surface area contributed by atoms with E-state index in [1.807, 2.05) is 24.3 Å². The Hall–Kier alpha value is -2.03. The van der Waals surface area contributed by atoms with E-state index >= 15 is 0 Å². The van der Waals surface area contributed by atoms with Crippen molar-refractivity contribution in [1.29, 1.82) is 0 Å². The maximum absolute atomic E-state index is 12.8. The molecular weight excluding hydrogens is 455 g/mol. The van der Waals surface area contributed by atoms with Gasteiger partial charge in [0, 0.05) is 18.3 Å². The molecule has 0 saturated carbocycles. The minimum atomic E-state index is -0.864. The lowest BCUT2D eigenvalue weighted by molar-refractivity contribution is 0.0281. The number of carbonyl (C=O) groups is 2. The van der Waals surface area contributed by atoms with E-state index in [1.54, 1.807) is 41.5 Å². The molecule has 1 aromatic rings. The summed E-state index contributed by atoms with van der Waals surface area (Å²) < 4.78 is 10.8. The average Bonchev–Trinajstić information content (AvgIpc) is 2.65. The molecule has 1 aromatic carbocycles. The third-order valence-corrected chi connectivity index (χ3v) is 4.14. The molecule has 0 spiro atoms. The van der Waals surface area contributed by atoms with Crippen LogP contribution >= 0.6 is 23.2 Å². The van der Waals surface area contributed by atoms with Gasteiger partial charge in [0.25, 0.3) is 0 Å². The molecule has 2 N–H and O–H groups in total. The van der Waals surface area contributed by atoms with E-state index < -0.39 is 23.4 Å². The van der Waals surface area contributed by atoms with Gasteiger partial charge in [-0.2, -0.15) is 5.01 Å². The fraction of sp³-hybridized carbons (Fsp3) is 0.591. The molecule has 2 amide bonds. The lowest BCUT2D eigenvalue weighted by Gasteiger charge is -2.31. The number of carbonyl (C=O) groups excluding carboxylic acids is 2. The lowest BCUT2D eigenvalue weighted by Crippen LogP contribution is -2.55. The number of ether oxygens (including phenoxy) is 2. The van der Waals surface area contributed by atoms with E-state index in [0.29, 0.717) is 10.9 Å².